The third kappa shape index (κ3) is 2.13. The maximum Gasteiger partial charge on any atom is 0.310 e. The lowest BCUT2D eigenvalue weighted by molar-refractivity contribution is -0.143. The van der Waals surface area contributed by atoms with Gasteiger partial charge in [-0.15, -0.1) is 11.8 Å². The lowest BCUT2D eigenvalue weighted by Crippen LogP contribution is -2.42. The van der Waals surface area contributed by atoms with Crippen LogP contribution in [0.1, 0.15) is 19.3 Å². The van der Waals surface area contributed by atoms with Crippen LogP contribution in [0.2, 0.25) is 0 Å². The Bertz CT molecular complexity index is 384. The number of fused-ring (bicyclic) bond motifs is 1. The van der Waals surface area contributed by atoms with Crippen LogP contribution in [-0.4, -0.2) is 45.5 Å². The first kappa shape index (κ1) is 12.7. The molecule has 1 unspecified atom stereocenters. The fourth-order valence-electron chi connectivity index (χ4n) is 3.20. The number of hydrogen-bond donors (Lipinski definition) is 2. The van der Waals surface area contributed by atoms with Crippen LogP contribution >= 0.6 is 23.5 Å². The summed E-state index contributed by atoms with van der Waals surface area (Å²) in [6, 6.07) is 0.0832. The first-order valence-corrected chi connectivity index (χ1v) is 8.55. The molecular formula is C12H17NO3S2. The first-order valence-electron chi connectivity index (χ1n) is 6.35. The fourth-order valence-corrected chi connectivity index (χ4v) is 5.76. The van der Waals surface area contributed by atoms with Gasteiger partial charge in [-0.25, -0.2) is 0 Å². The second-order valence-corrected chi connectivity index (χ2v) is 7.90. The van der Waals surface area contributed by atoms with E-state index in [1.54, 1.807) is 11.8 Å². The molecule has 2 aliphatic carbocycles. The highest BCUT2D eigenvalue weighted by molar-refractivity contribution is 8.07. The maximum atomic E-state index is 12.1. The highest BCUT2D eigenvalue weighted by atomic mass is 32.2. The standard InChI is InChI=1S/C12H17NO3S2/c14-10(9-6-17-1-2-18-9)13-8-3-7-4-12(7,5-8)11(15)16/h7-9H,1-6H2,(H,13,14)(H,15,16)/t7-,8+,9?,12+/m1/s1. The number of carbonyl (C=O) groups excluding carboxylic acids is 1. The average Bonchev–Trinajstić information content (AvgIpc) is 2.94. The minimum absolute atomic E-state index is 0.0569. The summed E-state index contributed by atoms with van der Waals surface area (Å²) in [7, 11) is 0. The third-order valence-corrected chi connectivity index (χ3v) is 7.05. The number of carboxylic acid groups (broad SMARTS) is 1. The van der Waals surface area contributed by atoms with Gasteiger partial charge in [-0.3, -0.25) is 9.59 Å². The fraction of sp³-hybridized carbons (Fsp3) is 0.833. The van der Waals surface area contributed by atoms with Crippen molar-refractivity contribution in [2.45, 2.75) is 30.6 Å². The molecule has 1 aliphatic heterocycles. The Kier molecular flexibility index (Phi) is 3.26. The number of carboxylic acids is 1. The Hall–Kier alpha value is -0.360. The molecule has 0 bridgehead atoms. The maximum absolute atomic E-state index is 12.1. The normalized spacial score (nSPS) is 42.1. The molecule has 100 valence electrons. The van der Waals surface area contributed by atoms with E-state index >= 15 is 0 Å². The second kappa shape index (κ2) is 4.63. The van der Waals surface area contributed by atoms with Crippen LogP contribution < -0.4 is 5.32 Å². The molecule has 0 aromatic carbocycles. The number of amides is 1. The Labute approximate surface area is 115 Å². The predicted octanol–water partition coefficient (Wildman–Crippen LogP) is 1.20. The minimum Gasteiger partial charge on any atom is -0.481 e. The van der Waals surface area contributed by atoms with Crippen LogP contribution in [0, 0.1) is 11.3 Å². The summed E-state index contributed by atoms with van der Waals surface area (Å²) in [5.41, 5.74) is -0.494. The highest BCUT2D eigenvalue weighted by Gasteiger charge is 2.65. The van der Waals surface area contributed by atoms with Gasteiger partial charge in [-0.2, -0.15) is 11.8 Å². The molecule has 3 fully saturated rings. The van der Waals surface area contributed by atoms with Crippen LogP contribution in [0.5, 0.6) is 0 Å². The first-order chi connectivity index (χ1) is 8.62. The van der Waals surface area contributed by atoms with E-state index in [1.807, 2.05) is 11.8 Å². The zero-order valence-electron chi connectivity index (χ0n) is 10.1. The van der Waals surface area contributed by atoms with Crippen LogP contribution in [0.25, 0.3) is 0 Å². The Morgan fingerprint density at radius 1 is 1.28 bits per heavy atom. The minimum atomic E-state index is -0.674. The SMILES string of the molecule is O=C(N[C@H]1C[C@@H]2C[C@]2(C(=O)O)C1)C1CSCCS1. The van der Waals surface area contributed by atoms with E-state index < -0.39 is 11.4 Å². The summed E-state index contributed by atoms with van der Waals surface area (Å²) in [6.45, 7) is 0. The van der Waals surface area contributed by atoms with Gasteiger partial charge in [0.2, 0.25) is 5.91 Å². The summed E-state index contributed by atoms with van der Waals surface area (Å²) in [5.74, 6) is 2.79. The van der Waals surface area contributed by atoms with Crippen LogP contribution in [0.4, 0.5) is 0 Å². The van der Waals surface area contributed by atoms with E-state index in [9.17, 15) is 14.7 Å². The van der Waals surface area contributed by atoms with Crippen LogP contribution in [0.3, 0.4) is 0 Å². The van der Waals surface area contributed by atoms with Gasteiger partial charge in [-0.1, -0.05) is 0 Å². The molecular weight excluding hydrogens is 270 g/mol. The summed E-state index contributed by atoms with van der Waals surface area (Å²) >= 11 is 3.55. The second-order valence-electron chi connectivity index (χ2n) is 5.44. The molecule has 18 heavy (non-hydrogen) atoms. The summed E-state index contributed by atoms with van der Waals surface area (Å²) in [6.07, 6.45) is 2.29. The molecule has 6 heteroatoms. The number of nitrogens with one attached hydrogen (secondary N) is 1. The predicted molar refractivity (Wildman–Crippen MR) is 72.9 cm³/mol. The molecule has 0 aromatic heterocycles. The van der Waals surface area contributed by atoms with E-state index in [0.717, 1.165) is 30.1 Å². The lowest BCUT2D eigenvalue weighted by Gasteiger charge is -2.23. The zero-order valence-corrected chi connectivity index (χ0v) is 11.7. The number of thioether (sulfide) groups is 2. The molecule has 2 saturated carbocycles. The quantitative estimate of drug-likeness (QED) is 0.816. The van der Waals surface area contributed by atoms with Gasteiger partial charge in [0.25, 0.3) is 0 Å². The van der Waals surface area contributed by atoms with Crippen molar-refractivity contribution < 1.29 is 14.7 Å². The van der Waals surface area contributed by atoms with Gasteiger partial charge in [0, 0.05) is 23.3 Å². The van der Waals surface area contributed by atoms with E-state index in [0.29, 0.717) is 12.3 Å². The van der Waals surface area contributed by atoms with E-state index in [-0.39, 0.29) is 17.2 Å². The van der Waals surface area contributed by atoms with E-state index in [2.05, 4.69) is 5.32 Å². The summed E-state index contributed by atoms with van der Waals surface area (Å²) in [5, 5.41) is 12.3. The molecule has 0 aromatic rings. The molecule has 1 amide bonds. The molecule has 3 aliphatic rings. The number of hydrogen-bond acceptors (Lipinski definition) is 4. The average molecular weight is 287 g/mol. The van der Waals surface area contributed by atoms with Gasteiger partial charge in [0.1, 0.15) is 0 Å². The number of carbonyl (C=O) groups is 2. The Morgan fingerprint density at radius 2 is 2.11 bits per heavy atom. The van der Waals surface area contributed by atoms with Gasteiger partial charge in [0.15, 0.2) is 0 Å². The molecule has 3 rings (SSSR count). The van der Waals surface area contributed by atoms with Crippen molar-refractivity contribution >= 4 is 35.4 Å². The smallest absolute Gasteiger partial charge is 0.310 e. The molecule has 0 radical (unpaired) electrons. The van der Waals surface area contributed by atoms with Gasteiger partial charge < -0.3 is 10.4 Å². The molecule has 1 heterocycles. The number of rotatable bonds is 3. The van der Waals surface area contributed by atoms with Crippen molar-refractivity contribution in [2.75, 3.05) is 17.3 Å². The van der Waals surface area contributed by atoms with E-state index in [4.69, 9.17) is 0 Å². The monoisotopic (exact) mass is 287 g/mol. The van der Waals surface area contributed by atoms with Crippen LogP contribution in [-0.2, 0) is 9.59 Å². The topological polar surface area (TPSA) is 66.4 Å². The van der Waals surface area contributed by atoms with Crippen molar-refractivity contribution in [1.82, 2.24) is 5.32 Å². The lowest BCUT2D eigenvalue weighted by atomic mass is 10.0. The molecule has 4 nitrogen and oxygen atoms in total. The van der Waals surface area contributed by atoms with Crippen molar-refractivity contribution in [2.24, 2.45) is 11.3 Å². The zero-order chi connectivity index (χ0) is 12.8. The van der Waals surface area contributed by atoms with Crippen molar-refractivity contribution in [3.8, 4) is 0 Å². The molecule has 1 saturated heterocycles. The van der Waals surface area contributed by atoms with E-state index in [1.165, 1.54) is 0 Å². The van der Waals surface area contributed by atoms with Crippen molar-refractivity contribution in [1.29, 1.82) is 0 Å². The summed E-state index contributed by atoms with van der Waals surface area (Å²) in [4.78, 5) is 23.2. The van der Waals surface area contributed by atoms with Gasteiger partial charge >= 0.3 is 5.97 Å². The van der Waals surface area contributed by atoms with Gasteiger partial charge in [-0.05, 0) is 25.2 Å². The Morgan fingerprint density at radius 3 is 2.72 bits per heavy atom. The number of aliphatic carboxylic acids is 1. The van der Waals surface area contributed by atoms with Crippen LogP contribution in [0.15, 0.2) is 0 Å². The van der Waals surface area contributed by atoms with Crippen molar-refractivity contribution in [3.63, 3.8) is 0 Å². The largest absolute Gasteiger partial charge is 0.481 e. The highest BCUT2D eigenvalue weighted by Crippen LogP contribution is 2.63. The van der Waals surface area contributed by atoms with Gasteiger partial charge in [0.05, 0.1) is 10.7 Å². The Balaban J connectivity index is 1.52. The molecule has 2 N–H and O–H groups in total. The van der Waals surface area contributed by atoms with Crippen molar-refractivity contribution in [3.05, 3.63) is 0 Å². The molecule has 0 spiro atoms. The third-order valence-electron chi connectivity index (χ3n) is 4.29. The summed E-state index contributed by atoms with van der Waals surface area (Å²) < 4.78 is 0. The molecule has 4 atom stereocenters.